The van der Waals surface area contributed by atoms with Crippen LogP contribution in [0.5, 0.6) is 0 Å². The summed E-state index contributed by atoms with van der Waals surface area (Å²) >= 11 is 1.15. The van der Waals surface area contributed by atoms with Crippen LogP contribution < -0.4 is 5.32 Å². The average Bonchev–Trinajstić information content (AvgIpc) is 2.88. The van der Waals surface area contributed by atoms with Gasteiger partial charge in [-0.3, -0.25) is 4.68 Å². The van der Waals surface area contributed by atoms with Gasteiger partial charge in [0.25, 0.3) is 0 Å². The number of nitrogens with zero attached hydrogens (tertiary/aromatic N) is 3. The molecule has 2 aromatic heterocycles. The van der Waals surface area contributed by atoms with Crippen molar-refractivity contribution < 1.29 is 9.90 Å². The van der Waals surface area contributed by atoms with Gasteiger partial charge in [0.05, 0.1) is 12.2 Å². The van der Waals surface area contributed by atoms with E-state index >= 15 is 0 Å². The molecule has 0 aliphatic heterocycles. The molecule has 0 saturated heterocycles. The van der Waals surface area contributed by atoms with E-state index in [1.54, 1.807) is 17.8 Å². The molecular formula is C10H12N4O2S. The number of rotatable bonds is 5. The molecule has 0 aliphatic rings. The Balaban J connectivity index is 1.91. The van der Waals surface area contributed by atoms with E-state index in [0.29, 0.717) is 23.9 Å². The summed E-state index contributed by atoms with van der Waals surface area (Å²) in [5, 5.41) is 16.7. The number of thiazole rings is 1. The lowest BCUT2D eigenvalue weighted by Gasteiger charge is -2.02. The van der Waals surface area contributed by atoms with Crippen molar-refractivity contribution in [3.63, 3.8) is 0 Å². The molecule has 2 rings (SSSR count). The second-order valence-electron chi connectivity index (χ2n) is 3.43. The third kappa shape index (κ3) is 2.82. The normalized spacial score (nSPS) is 10.4. The number of hydrogen-bond donors (Lipinski definition) is 2. The summed E-state index contributed by atoms with van der Waals surface area (Å²) in [7, 11) is 0. The summed E-state index contributed by atoms with van der Waals surface area (Å²) in [6, 6.07) is 1.86. The Labute approximate surface area is 102 Å². The molecule has 2 heterocycles. The monoisotopic (exact) mass is 252 g/mol. The predicted molar refractivity (Wildman–Crippen MR) is 64.5 cm³/mol. The highest BCUT2D eigenvalue weighted by atomic mass is 32.1. The number of aromatic carboxylic acids is 1. The summed E-state index contributed by atoms with van der Waals surface area (Å²) in [4.78, 5) is 15.3. The Morgan fingerprint density at radius 2 is 2.47 bits per heavy atom. The fourth-order valence-corrected chi connectivity index (χ4v) is 2.21. The number of anilines is 1. The maximum atomic E-state index is 10.8. The second kappa shape index (κ2) is 4.96. The number of carboxylic acids is 1. The van der Waals surface area contributed by atoms with Gasteiger partial charge in [0.15, 0.2) is 5.13 Å². The van der Waals surface area contributed by atoms with E-state index in [0.717, 1.165) is 11.3 Å². The number of aryl methyl sites for hydroxylation is 1. The van der Waals surface area contributed by atoms with Gasteiger partial charge in [0.1, 0.15) is 4.88 Å². The van der Waals surface area contributed by atoms with Crippen LogP contribution in [0.1, 0.15) is 15.4 Å². The Morgan fingerprint density at radius 1 is 1.65 bits per heavy atom. The van der Waals surface area contributed by atoms with Gasteiger partial charge in [0.2, 0.25) is 0 Å². The summed E-state index contributed by atoms with van der Waals surface area (Å²) in [6.45, 7) is 3.07. The third-order valence-corrected chi connectivity index (χ3v) is 3.27. The molecule has 90 valence electrons. The molecule has 7 heteroatoms. The van der Waals surface area contributed by atoms with Gasteiger partial charge in [-0.15, -0.1) is 0 Å². The minimum atomic E-state index is -0.930. The molecule has 17 heavy (non-hydrogen) atoms. The first-order valence-electron chi connectivity index (χ1n) is 5.09. The molecule has 2 aromatic rings. The van der Waals surface area contributed by atoms with Crippen LogP contribution in [-0.2, 0) is 6.54 Å². The first kappa shape index (κ1) is 11.6. The Morgan fingerprint density at radius 3 is 3.06 bits per heavy atom. The fourth-order valence-electron chi connectivity index (χ4n) is 1.38. The number of hydrogen-bond acceptors (Lipinski definition) is 5. The minimum Gasteiger partial charge on any atom is -0.477 e. The van der Waals surface area contributed by atoms with E-state index < -0.39 is 5.97 Å². The molecular weight excluding hydrogens is 240 g/mol. The van der Waals surface area contributed by atoms with Crippen molar-refractivity contribution in [2.45, 2.75) is 13.5 Å². The number of carbonyl (C=O) groups is 1. The average molecular weight is 252 g/mol. The highest BCUT2D eigenvalue weighted by Gasteiger charge is 2.13. The van der Waals surface area contributed by atoms with E-state index in [-0.39, 0.29) is 4.88 Å². The zero-order chi connectivity index (χ0) is 12.3. The molecule has 0 saturated carbocycles. The number of carboxylic acid groups (broad SMARTS) is 1. The van der Waals surface area contributed by atoms with Crippen molar-refractivity contribution >= 4 is 22.4 Å². The standard InChI is InChI=1S/C10H12N4O2S/c1-7-8(9(15)16)17-10(13-7)11-4-6-14-5-2-3-12-14/h2-3,5H,4,6H2,1H3,(H,11,13)(H,15,16). The first-order valence-corrected chi connectivity index (χ1v) is 5.90. The molecule has 0 fully saturated rings. The SMILES string of the molecule is Cc1nc(NCCn2cccn2)sc1C(=O)O. The van der Waals surface area contributed by atoms with Crippen LogP contribution in [-0.4, -0.2) is 32.4 Å². The maximum Gasteiger partial charge on any atom is 0.347 e. The van der Waals surface area contributed by atoms with Crippen LogP contribution >= 0.6 is 11.3 Å². The van der Waals surface area contributed by atoms with E-state index in [2.05, 4.69) is 15.4 Å². The van der Waals surface area contributed by atoms with Crippen molar-refractivity contribution in [2.24, 2.45) is 0 Å². The summed E-state index contributed by atoms with van der Waals surface area (Å²) < 4.78 is 1.80. The van der Waals surface area contributed by atoms with Gasteiger partial charge in [-0.25, -0.2) is 9.78 Å². The topological polar surface area (TPSA) is 80.0 Å². The van der Waals surface area contributed by atoms with Gasteiger partial charge in [-0.2, -0.15) is 5.10 Å². The quantitative estimate of drug-likeness (QED) is 0.842. The van der Waals surface area contributed by atoms with E-state index in [4.69, 9.17) is 5.11 Å². The largest absolute Gasteiger partial charge is 0.477 e. The van der Waals surface area contributed by atoms with E-state index in [1.807, 2.05) is 12.3 Å². The Kier molecular flexibility index (Phi) is 3.38. The number of aromatic nitrogens is 3. The van der Waals surface area contributed by atoms with Crippen molar-refractivity contribution in [1.82, 2.24) is 14.8 Å². The van der Waals surface area contributed by atoms with Gasteiger partial charge < -0.3 is 10.4 Å². The molecule has 6 nitrogen and oxygen atoms in total. The molecule has 0 radical (unpaired) electrons. The van der Waals surface area contributed by atoms with Crippen molar-refractivity contribution in [3.05, 3.63) is 29.0 Å². The molecule has 0 bridgehead atoms. The van der Waals surface area contributed by atoms with Gasteiger partial charge >= 0.3 is 5.97 Å². The summed E-state index contributed by atoms with van der Waals surface area (Å²) in [6.07, 6.45) is 3.59. The van der Waals surface area contributed by atoms with Gasteiger partial charge in [-0.05, 0) is 13.0 Å². The third-order valence-electron chi connectivity index (χ3n) is 2.17. The second-order valence-corrected chi connectivity index (χ2v) is 4.43. The molecule has 0 atom stereocenters. The highest BCUT2D eigenvalue weighted by Crippen LogP contribution is 2.21. The predicted octanol–water partition coefficient (Wildman–Crippen LogP) is 1.46. The van der Waals surface area contributed by atoms with E-state index in [1.165, 1.54) is 0 Å². The highest BCUT2D eigenvalue weighted by molar-refractivity contribution is 7.17. The Hall–Kier alpha value is -1.89. The van der Waals surface area contributed by atoms with Gasteiger partial charge in [-0.1, -0.05) is 11.3 Å². The van der Waals surface area contributed by atoms with Crippen molar-refractivity contribution in [1.29, 1.82) is 0 Å². The lowest BCUT2D eigenvalue weighted by atomic mass is 10.4. The lowest BCUT2D eigenvalue weighted by molar-refractivity contribution is 0.0701. The summed E-state index contributed by atoms with van der Waals surface area (Å²) in [5.74, 6) is -0.930. The Bertz CT molecular complexity index is 506. The van der Waals surface area contributed by atoms with E-state index in [9.17, 15) is 4.79 Å². The molecule has 0 aliphatic carbocycles. The molecule has 0 aromatic carbocycles. The first-order chi connectivity index (χ1) is 8.16. The van der Waals surface area contributed by atoms with Gasteiger partial charge in [0, 0.05) is 18.9 Å². The fraction of sp³-hybridized carbons (Fsp3) is 0.300. The maximum absolute atomic E-state index is 10.8. The molecule has 0 amide bonds. The van der Waals surface area contributed by atoms with Crippen LogP contribution in [0.25, 0.3) is 0 Å². The van der Waals surface area contributed by atoms with Crippen molar-refractivity contribution in [2.75, 3.05) is 11.9 Å². The van der Waals surface area contributed by atoms with Crippen molar-refractivity contribution in [3.8, 4) is 0 Å². The smallest absolute Gasteiger partial charge is 0.347 e. The zero-order valence-electron chi connectivity index (χ0n) is 9.25. The van der Waals surface area contributed by atoms with Crippen LogP contribution in [0.2, 0.25) is 0 Å². The van der Waals surface area contributed by atoms with Crippen LogP contribution in [0, 0.1) is 6.92 Å². The lowest BCUT2D eigenvalue weighted by Crippen LogP contribution is -2.10. The zero-order valence-corrected chi connectivity index (χ0v) is 10.1. The number of nitrogens with one attached hydrogen (secondary N) is 1. The molecule has 0 unspecified atom stereocenters. The minimum absolute atomic E-state index is 0.284. The van der Waals surface area contributed by atoms with Crippen LogP contribution in [0.4, 0.5) is 5.13 Å². The van der Waals surface area contributed by atoms with Crippen LogP contribution in [0.3, 0.4) is 0 Å². The summed E-state index contributed by atoms with van der Waals surface area (Å²) in [5.41, 5.74) is 0.545. The van der Waals surface area contributed by atoms with Crippen LogP contribution in [0.15, 0.2) is 18.5 Å². The molecule has 2 N–H and O–H groups in total. The molecule has 0 spiro atoms.